The van der Waals surface area contributed by atoms with E-state index in [1.54, 1.807) is 0 Å². The predicted molar refractivity (Wildman–Crippen MR) is 86.8 cm³/mol. The molecule has 1 heterocycles. The molecule has 2 rings (SSSR count). The van der Waals surface area contributed by atoms with E-state index in [0.29, 0.717) is 5.41 Å². The van der Waals surface area contributed by atoms with Crippen molar-refractivity contribution in [3.63, 3.8) is 0 Å². The molecule has 0 aromatic heterocycles. The highest BCUT2D eigenvalue weighted by Crippen LogP contribution is 2.34. The number of nitrogens with one attached hydrogen (secondary N) is 1. The van der Waals surface area contributed by atoms with Gasteiger partial charge in [0.25, 0.3) is 0 Å². The van der Waals surface area contributed by atoms with Gasteiger partial charge in [0.1, 0.15) is 5.75 Å². The second-order valence-corrected chi connectivity index (χ2v) is 6.05. The summed E-state index contributed by atoms with van der Waals surface area (Å²) in [6.45, 7) is 7.08. The summed E-state index contributed by atoms with van der Waals surface area (Å²) in [5.41, 5.74) is 0.410. The van der Waals surface area contributed by atoms with Crippen LogP contribution in [0.25, 0.3) is 0 Å². The van der Waals surface area contributed by atoms with Gasteiger partial charge in [-0.3, -0.25) is 0 Å². The van der Waals surface area contributed by atoms with E-state index in [1.807, 2.05) is 30.3 Å². The summed E-state index contributed by atoms with van der Waals surface area (Å²) in [5, 5.41) is 3.61. The van der Waals surface area contributed by atoms with Crippen molar-refractivity contribution in [1.29, 1.82) is 0 Å². The zero-order chi connectivity index (χ0) is 14.8. The van der Waals surface area contributed by atoms with Crippen molar-refractivity contribution in [1.82, 2.24) is 5.32 Å². The third-order valence-electron chi connectivity index (χ3n) is 4.34. The molecule has 21 heavy (non-hydrogen) atoms. The molecular formula is C18H29NO2. The smallest absolute Gasteiger partial charge is 0.119 e. The molecule has 1 aliphatic heterocycles. The van der Waals surface area contributed by atoms with Gasteiger partial charge in [0.15, 0.2) is 0 Å². The Morgan fingerprint density at radius 1 is 1.19 bits per heavy atom. The first-order valence-electron chi connectivity index (χ1n) is 8.31. The highest BCUT2D eigenvalue weighted by molar-refractivity contribution is 5.20. The molecule has 1 N–H and O–H groups in total. The van der Waals surface area contributed by atoms with Crippen molar-refractivity contribution >= 4 is 0 Å². The molecule has 0 unspecified atom stereocenters. The van der Waals surface area contributed by atoms with Crippen LogP contribution in [0, 0.1) is 5.41 Å². The summed E-state index contributed by atoms with van der Waals surface area (Å²) in [6, 6.07) is 10.1. The summed E-state index contributed by atoms with van der Waals surface area (Å²) in [5.74, 6) is 0.975. The van der Waals surface area contributed by atoms with E-state index in [2.05, 4.69) is 12.2 Å². The van der Waals surface area contributed by atoms with Crippen LogP contribution < -0.4 is 10.1 Å². The van der Waals surface area contributed by atoms with Crippen molar-refractivity contribution in [3.05, 3.63) is 30.3 Å². The Morgan fingerprint density at radius 3 is 2.67 bits per heavy atom. The third-order valence-corrected chi connectivity index (χ3v) is 4.34. The largest absolute Gasteiger partial charge is 0.494 e. The first-order chi connectivity index (χ1) is 10.3. The fourth-order valence-electron chi connectivity index (χ4n) is 3.00. The Hall–Kier alpha value is -1.06. The molecule has 1 fully saturated rings. The number of hydrogen-bond donors (Lipinski definition) is 1. The van der Waals surface area contributed by atoms with Gasteiger partial charge in [-0.15, -0.1) is 0 Å². The second-order valence-electron chi connectivity index (χ2n) is 6.05. The van der Waals surface area contributed by atoms with Crippen LogP contribution in [-0.4, -0.2) is 32.9 Å². The maximum absolute atomic E-state index is 5.82. The lowest BCUT2D eigenvalue weighted by molar-refractivity contribution is 0.00793. The van der Waals surface area contributed by atoms with Crippen molar-refractivity contribution in [2.75, 3.05) is 32.9 Å². The van der Waals surface area contributed by atoms with Gasteiger partial charge in [0, 0.05) is 19.8 Å². The minimum atomic E-state index is 0.410. The SMILES string of the molecule is CCCNCC1(CCCOc2ccccc2)CCOCC1. The lowest BCUT2D eigenvalue weighted by Gasteiger charge is -2.37. The lowest BCUT2D eigenvalue weighted by Crippen LogP contribution is -2.39. The summed E-state index contributed by atoms with van der Waals surface area (Å²) in [4.78, 5) is 0. The Morgan fingerprint density at radius 2 is 1.95 bits per heavy atom. The van der Waals surface area contributed by atoms with Crippen molar-refractivity contribution in [3.8, 4) is 5.75 Å². The van der Waals surface area contributed by atoms with Gasteiger partial charge in [0.2, 0.25) is 0 Å². The van der Waals surface area contributed by atoms with Crippen LogP contribution in [0.3, 0.4) is 0 Å². The van der Waals surface area contributed by atoms with E-state index < -0.39 is 0 Å². The number of para-hydroxylation sites is 1. The lowest BCUT2D eigenvalue weighted by atomic mass is 9.76. The zero-order valence-electron chi connectivity index (χ0n) is 13.3. The molecule has 1 aliphatic rings. The second kappa shape index (κ2) is 9.06. The molecule has 0 saturated carbocycles. The topological polar surface area (TPSA) is 30.5 Å². The standard InChI is InChI=1S/C18H29NO2/c1-2-12-19-16-18(10-14-20-15-11-18)9-6-13-21-17-7-4-3-5-8-17/h3-5,7-8,19H,2,6,9-16H2,1H3. The van der Waals surface area contributed by atoms with Gasteiger partial charge in [0.05, 0.1) is 6.61 Å². The molecular weight excluding hydrogens is 262 g/mol. The van der Waals surface area contributed by atoms with Crippen molar-refractivity contribution in [2.24, 2.45) is 5.41 Å². The summed E-state index contributed by atoms with van der Waals surface area (Å²) in [6.07, 6.45) is 5.89. The third kappa shape index (κ3) is 5.68. The highest BCUT2D eigenvalue weighted by atomic mass is 16.5. The molecule has 3 heteroatoms. The predicted octanol–water partition coefficient (Wildman–Crippen LogP) is 3.64. The van der Waals surface area contributed by atoms with Gasteiger partial charge >= 0.3 is 0 Å². The van der Waals surface area contributed by atoms with Crippen molar-refractivity contribution in [2.45, 2.75) is 39.0 Å². The molecule has 0 spiro atoms. The maximum Gasteiger partial charge on any atom is 0.119 e. The van der Waals surface area contributed by atoms with Gasteiger partial charge < -0.3 is 14.8 Å². The molecule has 0 radical (unpaired) electrons. The molecule has 0 amide bonds. The van der Waals surface area contributed by atoms with Gasteiger partial charge in [-0.2, -0.15) is 0 Å². The first-order valence-corrected chi connectivity index (χ1v) is 8.31. The van der Waals surface area contributed by atoms with Gasteiger partial charge in [-0.25, -0.2) is 0 Å². The molecule has 1 aromatic carbocycles. The average Bonchev–Trinajstić information content (AvgIpc) is 2.54. The van der Waals surface area contributed by atoms with Crippen LogP contribution in [0.4, 0.5) is 0 Å². The summed E-state index contributed by atoms with van der Waals surface area (Å²) in [7, 11) is 0. The van der Waals surface area contributed by atoms with Gasteiger partial charge in [-0.05, 0) is 56.2 Å². The Kier molecular flexibility index (Phi) is 7.04. The number of hydrogen-bond acceptors (Lipinski definition) is 3. The molecule has 3 nitrogen and oxygen atoms in total. The van der Waals surface area contributed by atoms with E-state index >= 15 is 0 Å². The van der Waals surface area contributed by atoms with Crippen molar-refractivity contribution < 1.29 is 9.47 Å². The quantitative estimate of drug-likeness (QED) is 0.705. The van der Waals surface area contributed by atoms with E-state index in [0.717, 1.165) is 45.1 Å². The number of ether oxygens (including phenoxy) is 2. The molecule has 1 saturated heterocycles. The zero-order valence-corrected chi connectivity index (χ0v) is 13.3. The molecule has 1 aromatic rings. The van der Waals surface area contributed by atoms with Gasteiger partial charge in [-0.1, -0.05) is 25.1 Å². The summed E-state index contributed by atoms with van der Waals surface area (Å²) >= 11 is 0. The summed E-state index contributed by atoms with van der Waals surface area (Å²) < 4.78 is 11.4. The maximum atomic E-state index is 5.82. The fraction of sp³-hybridized carbons (Fsp3) is 0.667. The Labute approximate surface area is 129 Å². The van der Waals surface area contributed by atoms with Crippen LogP contribution in [0.1, 0.15) is 39.0 Å². The van der Waals surface area contributed by atoms with Crippen LogP contribution in [0.15, 0.2) is 30.3 Å². The minimum absolute atomic E-state index is 0.410. The minimum Gasteiger partial charge on any atom is -0.494 e. The number of rotatable bonds is 9. The molecule has 0 bridgehead atoms. The van der Waals surface area contributed by atoms with Crippen LogP contribution in [-0.2, 0) is 4.74 Å². The fourth-order valence-corrected chi connectivity index (χ4v) is 3.00. The normalized spacial score (nSPS) is 17.6. The van der Waals surface area contributed by atoms with E-state index in [4.69, 9.17) is 9.47 Å². The van der Waals surface area contributed by atoms with E-state index in [1.165, 1.54) is 25.7 Å². The van der Waals surface area contributed by atoms with Crippen LogP contribution in [0.5, 0.6) is 5.75 Å². The average molecular weight is 291 g/mol. The monoisotopic (exact) mass is 291 g/mol. The molecule has 0 atom stereocenters. The molecule has 0 aliphatic carbocycles. The molecule has 118 valence electrons. The highest BCUT2D eigenvalue weighted by Gasteiger charge is 2.31. The number of benzene rings is 1. The van der Waals surface area contributed by atoms with Crippen LogP contribution in [0.2, 0.25) is 0 Å². The van der Waals surface area contributed by atoms with E-state index in [-0.39, 0.29) is 0 Å². The Balaban J connectivity index is 1.73. The first kappa shape index (κ1) is 16.3. The van der Waals surface area contributed by atoms with Crippen LogP contribution >= 0.6 is 0 Å². The Bertz CT molecular complexity index is 374. The van der Waals surface area contributed by atoms with E-state index in [9.17, 15) is 0 Å².